The zero-order valence-corrected chi connectivity index (χ0v) is 9.97. The van der Waals surface area contributed by atoms with Crippen molar-refractivity contribution in [3.05, 3.63) is 16.9 Å². The van der Waals surface area contributed by atoms with Crippen molar-refractivity contribution < 1.29 is 0 Å². The van der Waals surface area contributed by atoms with Crippen molar-refractivity contribution in [3.8, 4) is 0 Å². The number of aryl methyl sites for hydroxylation is 1. The molecule has 0 aliphatic heterocycles. The summed E-state index contributed by atoms with van der Waals surface area (Å²) in [5.74, 6) is 0. The molecule has 3 nitrogen and oxygen atoms in total. The predicted molar refractivity (Wildman–Crippen MR) is 59.2 cm³/mol. The highest BCUT2D eigenvalue weighted by Crippen LogP contribution is 2.30. The van der Waals surface area contributed by atoms with Crippen molar-refractivity contribution in [1.29, 1.82) is 0 Å². The number of nitrogens with zero attached hydrogens (tertiary/aromatic N) is 2. The Morgan fingerprint density at radius 2 is 2.14 bits per heavy atom. The molecule has 1 aromatic rings. The lowest BCUT2D eigenvalue weighted by Gasteiger charge is -2.23. The van der Waals surface area contributed by atoms with Gasteiger partial charge in [0.05, 0.1) is 16.9 Å². The maximum atomic E-state index is 6.08. The second-order valence-electron chi connectivity index (χ2n) is 4.87. The van der Waals surface area contributed by atoms with E-state index in [9.17, 15) is 0 Å². The third kappa shape index (κ3) is 2.72. The maximum Gasteiger partial charge on any atom is 0.0833 e. The summed E-state index contributed by atoms with van der Waals surface area (Å²) in [5.41, 5.74) is 7.20. The van der Waals surface area contributed by atoms with E-state index in [1.165, 1.54) is 0 Å². The molecule has 0 saturated heterocycles. The van der Waals surface area contributed by atoms with Crippen molar-refractivity contribution in [2.45, 2.75) is 33.2 Å². The number of hydrogen-bond donors (Lipinski definition) is 1. The van der Waals surface area contributed by atoms with Crippen molar-refractivity contribution in [2.75, 3.05) is 0 Å². The van der Waals surface area contributed by atoms with Crippen LogP contribution in [0.3, 0.4) is 0 Å². The summed E-state index contributed by atoms with van der Waals surface area (Å²) in [6, 6.07) is -0.0463. The SMILES string of the molecule is Cn1ncc(Cl)c1C(N)CC(C)(C)C. The lowest BCUT2D eigenvalue weighted by molar-refractivity contribution is 0.336. The Balaban J connectivity index is 2.84. The largest absolute Gasteiger partial charge is 0.323 e. The van der Waals surface area contributed by atoms with Crippen LogP contribution in [0.1, 0.15) is 38.9 Å². The first-order chi connectivity index (χ1) is 6.31. The fraction of sp³-hybridized carbons (Fsp3) is 0.700. The first-order valence-electron chi connectivity index (χ1n) is 4.74. The van der Waals surface area contributed by atoms with Gasteiger partial charge < -0.3 is 5.73 Å². The Bertz CT molecular complexity index is 292. The molecule has 1 unspecified atom stereocenters. The minimum Gasteiger partial charge on any atom is -0.323 e. The van der Waals surface area contributed by atoms with E-state index in [1.807, 2.05) is 7.05 Å². The van der Waals surface area contributed by atoms with E-state index in [0.29, 0.717) is 5.02 Å². The molecule has 1 atom stereocenters. The Morgan fingerprint density at radius 1 is 1.57 bits per heavy atom. The van der Waals surface area contributed by atoms with Crippen molar-refractivity contribution >= 4 is 11.6 Å². The summed E-state index contributed by atoms with van der Waals surface area (Å²) in [5, 5.41) is 4.73. The highest BCUT2D eigenvalue weighted by atomic mass is 35.5. The number of aromatic nitrogens is 2. The fourth-order valence-corrected chi connectivity index (χ4v) is 1.90. The van der Waals surface area contributed by atoms with Crippen LogP contribution in [-0.2, 0) is 7.05 Å². The summed E-state index contributed by atoms with van der Waals surface area (Å²) in [6.07, 6.45) is 2.53. The molecule has 0 aliphatic rings. The molecule has 0 saturated carbocycles. The number of rotatable bonds is 2. The zero-order chi connectivity index (χ0) is 10.9. The Morgan fingerprint density at radius 3 is 2.50 bits per heavy atom. The molecule has 0 fully saturated rings. The molecule has 1 rings (SSSR count). The molecule has 0 bridgehead atoms. The van der Waals surface area contributed by atoms with E-state index >= 15 is 0 Å². The summed E-state index contributed by atoms with van der Waals surface area (Å²) in [6.45, 7) is 6.49. The lowest BCUT2D eigenvalue weighted by Crippen LogP contribution is -2.21. The van der Waals surface area contributed by atoms with Crippen molar-refractivity contribution in [3.63, 3.8) is 0 Å². The van der Waals surface area contributed by atoms with E-state index in [1.54, 1.807) is 10.9 Å². The van der Waals surface area contributed by atoms with Crippen LogP contribution in [0.4, 0.5) is 0 Å². The molecule has 0 amide bonds. The van der Waals surface area contributed by atoms with Gasteiger partial charge in [-0.2, -0.15) is 5.10 Å². The average molecular weight is 216 g/mol. The molecule has 0 spiro atoms. The fourth-order valence-electron chi connectivity index (χ4n) is 1.59. The summed E-state index contributed by atoms with van der Waals surface area (Å²) < 4.78 is 1.75. The number of halogens is 1. The highest BCUT2D eigenvalue weighted by Gasteiger charge is 2.21. The van der Waals surface area contributed by atoms with Crippen molar-refractivity contribution in [2.24, 2.45) is 18.2 Å². The predicted octanol–water partition coefficient (Wildman–Crippen LogP) is 2.51. The monoisotopic (exact) mass is 215 g/mol. The molecule has 0 radical (unpaired) electrons. The summed E-state index contributed by atoms with van der Waals surface area (Å²) in [4.78, 5) is 0. The number of nitrogens with two attached hydrogens (primary N) is 1. The quantitative estimate of drug-likeness (QED) is 0.824. The van der Waals surface area contributed by atoms with Crippen LogP contribution in [0.25, 0.3) is 0 Å². The van der Waals surface area contributed by atoms with Gasteiger partial charge in [0, 0.05) is 13.1 Å². The van der Waals surface area contributed by atoms with Gasteiger partial charge in [0.15, 0.2) is 0 Å². The van der Waals surface area contributed by atoms with Gasteiger partial charge in [0.25, 0.3) is 0 Å². The average Bonchev–Trinajstić information content (AvgIpc) is 2.27. The smallest absolute Gasteiger partial charge is 0.0833 e. The van der Waals surface area contributed by atoms with Crippen LogP contribution in [-0.4, -0.2) is 9.78 Å². The van der Waals surface area contributed by atoms with E-state index in [4.69, 9.17) is 17.3 Å². The van der Waals surface area contributed by atoms with Gasteiger partial charge in [0.2, 0.25) is 0 Å². The van der Waals surface area contributed by atoms with Gasteiger partial charge in [-0.05, 0) is 11.8 Å². The van der Waals surface area contributed by atoms with Crippen LogP contribution in [0.15, 0.2) is 6.20 Å². The van der Waals surface area contributed by atoms with Crippen LogP contribution in [0, 0.1) is 5.41 Å². The van der Waals surface area contributed by atoms with Crippen LogP contribution >= 0.6 is 11.6 Å². The van der Waals surface area contributed by atoms with E-state index < -0.39 is 0 Å². The van der Waals surface area contributed by atoms with Gasteiger partial charge in [-0.15, -0.1) is 0 Å². The van der Waals surface area contributed by atoms with Crippen molar-refractivity contribution in [1.82, 2.24) is 9.78 Å². The molecule has 0 aliphatic carbocycles. The topological polar surface area (TPSA) is 43.8 Å². The Labute approximate surface area is 90.2 Å². The molecule has 1 heterocycles. The van der Waals surface area contributed by atoms with Crippen LogP contribution in [0.5, 0.6) is 0 Å². The molecule has 1 aromatic heterocycles. The van der Waals surface area contributed by atoms with Crippen LogP contribution in [0.2, 0.25) is 5.02 Å². The van der Waals surface area contributed by atoms with Gasteiger partial charge in [-0.3, -0.25) is 4.68 Å². The molecule has 80 valence electrons. The molecule has 4 heteroatoms. The molecular weight excluding hydrogens is 198 g/mol. The third-order valence-corrected chi connectivity index (χ3v) is 2.41. The van der Waals surface area contributed by atoms with E-state index in [2.05, 4.69) is 25.9 Å². The van der Waals surface area contributed by atoms with Gasteiger partial charge >= 0.3 is 0 Å². The highest BCUT2D eigenvalue weighted by molar-refractivity contribution is 6.31. The standard InChI is InChI=1S/C10H18ClN3/c1-10(2,3)5-8(12)9-7(11)6-13-14(9)4/h6,8H,5,12H2,1-4H3. The summed E-state index contributed by atoms with van der Waals surface area (Å²) in [7, 11) is 1.86. The first kappa shape index (κ1) is 11.5. The minimum atomic E-state index is -0.0463. The second kappa shape index (κ2) is 3.91. The molecule has 2 N–H and O–H groups in total. The third-order valence-electron chi connectivity index (χ3n) is 2.12. The van der Waals surface area contributed by atoms with Gasteiger partial charge in [0.1, 0.15) is 0 Å². The Hall–Kier alpha value is -0.540. The van der Waals surface area contributed by atoms with Gasteiger partial charge in [-0.25, -0.2) is 0 Å². The molecule has 0 aromatic carbocycles. The summed E-state index contributed by atoms with van der Waals surface area (Å²) >= 11 is 6.01. The first-order valence-corrected chi connectivity index (χ1v) is 5.12. The number of hydrogen-bond acceptors (Lipinski definition) is 2. The van der Waals surface area contributed by atoms with E-state index in [0.717, 1.165) is 12.1 Å². The maximum absolute atomic E-state index is 6.08. The van der Waals surface area contributed by atoms with E-state index in [-0.39, 0.29) is 11.5 Å². The second-order valence-corrected chi connectivity index (χ2v) is 5.28. The van der Waals surface area contributed by atoms with Crippen LogP contribution < -0.4 is 5.73 Å². The zero-order valence-electron chi connectivity index (χ0n) is 9.21. The molecule has 14 heavy (non-hydrogen) atoms. The Kier molecular flexibility index (Phi) is 3.22. The minimum absolute atomic E-state index is 0.0463. The van der Waals surface area contributed by atoms with Gasteiger partial charge in [-0.1, -0.05) is 32.4 Å². The lowest BCUT2D eigenvalue weighted by atomic mass is 9.87. The molecular formula is C10H18ClN3. The normalized spacial score (nSPS) is 14.4.